The Labute approximate surface area is 144 Å². The molecule has 1 aliphatic heterocycles. The average Bonchev–Trinajstić information content (AvgIpc) is 3.22. The van der Waals surface area contributed by atoms with Crippen molar-refractivity contribution in [3.05, 3.63) is 29.8 Å². The molecule has 130 valence electrons. The molecule has 1 saturated heterocycles. The van der Waals surface area contributed by atoms with Crippen LogP contribution in [0.2, 0.25) is 0 Å². The summed E-state index contributed by atoms with van der Waals surface area (Å²) in [5.74, 6) is 0.129. The lowest BCUT2D eigenvalue weighted by atomic mass is 9.96. The van der Waals surface area contributed by atoms with Crippen molar-refractivity contribution >= 4 is 17.5 Å². The van der Waals surface area contributed by atoms with E-state index < -0.39 is 0 Å². The number of amides is 2. The number of carbonyl (C=O) groups excluding carboxylic acids is 2. The maximum absolute atomic E-state index is 12.5. The minimum atomic E-state index is -0.0394. The van der Waals surface area contributed by atoms with Crippen LogP contribution in [0.4, 0.5) is 5.69 Å². The lowest BCUT2D eigenvalue weighted by Gasteiger charge is -2.36. The van der Waals surface area contributed by atoms with Crippen LogP contribution in [0.3, 0.4) is 0 Å². The average molecular weight is 329 g/mol. The third kappa shape index (κ3) is 3.31. The number of carbonyl (C=O) groups is 2. The molecule has 3 rings (SSSR count). The maximum atomic E-state index is 12.5. The van der Waals surface area contributed by atoms with Crippen LogP contribution in [0.5, 0.6) is 0 Å². The molecule has 2 aliphatic rings. The smallest absolute Gasteiger partial charge is 0.251 e. The highest BCUT2D eigenvalue weighted by Crippen LogP contribution is 2.33. The van der Waals surface area contributed by atoms with Crippen molar-refractivity contribution in [3.63, 3.8) is 0 Å². The van der Waals surface area contributed by atoms with Crippen molar-refractivity contribution in [2.45, 2.75) is 44.1 Å². The molecule has 1 aromatic carbocycles. The Bertz CT molecular complexity index is 604. The quantitative estimate of drug-likeness (QED) is 0.902. The largest absolute Gasteiger partial charge is 0.350 e. The van der Waals surface area contributed by atoms with Crippen LogP contribution < -0.4 is 10.2 Å². The van der Waals surface area contributed by atoms with Gasteiger partial charge in [-0.05, 0) is 57.6 Å². The van der Waals surface area contributed by atoms with Crippen LogP contribution in [0.15, 0.2) is 24.3 Å². The number of nitrogens with zero attached hydrogens (tertiary/aromatic N) is 2. The summed E-state index contributed by atoms with van der Waals surface area (Å²) in [7, 11) is 4.19. The first kappa shape index (κ1) is 17.0. The summed E-state index contributed by atoms with van der Waals surface area (Å²) < 4.78 is 0. The highest BCUT2D eigenvalue weighted by atomic mass is 16.2. The summed E-state index contributed by atoms with van der Waals surface area (Å²) in [5.41, 5.74) is 1.63. The summed E-state index contributed by atoms with van der Waals surface area (Å²) in [4.78, 5) is 28.3. The fourth-order valence-electron chi connectivity index (χ4n) is 3.88. The Morgan fingerprint density at radius 3 is 2.38 bits per heavy atom. The van der Waals surface area contributed by atoms with E-state index in [1.807, 2.05) is 24.3 Å². The van der Waals surface area contributed by atoms with Gasteiger partial charge < -0.3 is 15.1 Å². The molecule has 0 atom stereocenters. The molecule has 24 heavy (non-hydrogen) atoms. The van der Waals surface area contributed by atoms with Crippen LogP contribution in [0.1, 0.15) is 48.9 Å². The number of anilines is 1. The van der Waals surface area contributed by atoms with Crippen LogP contribution in [-0.4, -0.2) is 49.4 Å². The Morgan fingerprint density at radius 1 is 1.17 bits per heavy atom. The summed E-state index contributed by atoms with van der Waals surface area (Å²) in [6, 6.07) is 7.37. The molecule has 2 amide bonds. The van der Waals surface area contributed by atoms with Crippen molar-refractivity contribution in [3.8, 4) is 0 Å². The molecule has 5 heteroatoms. The van der Waals surface area contributed by atoms with Gasteiger partial charge in [0.25, 0.3) is 5.91 Å². The molecule has 0 unspecified atom stereocenters. The molecule has 1 aromatic rings. The Balaban J connectivity index is 1.62. The molecule has 0 spiro atoms. The van der Waals surface area contributed by atoms with E-state index in [-0.39, 0.29) is 17.4 Å². The topological polar surface area (TPSA) is 52.7 Å². The van der Waals surface area contributed by atoms with E-state index in [4.69, 9.17) is 0 Å². The minimum Gasteiger partial charge on any atom is -0.350 e. The van der Waals surface area contributed by atoms with E-state index in [0.29, 0.717) is 18.5 Å². The second-order valence-electron chi connectivity index (χ2n) is 7.20. The number of likely N-dealkylation sites (N-methyl/N-ethyl adjacent to an activating group) is 1. The normalized spacial score (nSPS) is 20.0. The number of nitrogens with one attached hydrogen (secondary N) is 1. The standard InChI is InChI=1S/C19H27N3O2/c1-21(2)19(11-3-4-12-19)14-20-18(24)15-7-9-16(10-8-15)22-13-5-6-17(22)23/h7-10H,3-6,11-14H2,1-2H3,(H,20,24). The molecule has 2 fully saturated rings. The monoisotopic (exact) mass is 329 g/mol. The van der Waals surface area contributed by atoms with Crippen molar-refractivity contribution in [1.29, 1.82) is 0 Å². The van der Waals surface area contributed by atoms with Crippen LogP contribution >= 0.6 is 0 Å². The van der Waals surface area contributed by atoms with Gasteiger partial charge >= 0.3 is 0 Å². The second kappa shape index (κ2) is 6.93. The van der Waals surface area contributed by atoms with Crippen LogP contribution in [0, 0.1) is 0 Å². The summed E-state index contributed by atoms with van der Waals surface area (Å²) in [5, 5.41) is 3.10. The zero-order chi connectivity index (χ0) is 17.2. The van der Waals surface area contributed by atoms with Gasteiger partial charge in [0.05, 0.1) is 0 Å². The Morgan fingerprint density at radius 2 is 1.83 bits per heavy atom. The molecule has 0 radical (unpaired) electrons. The summed E-state index contributed by atoms with van der Waals surface area (Å²) in [6.45, 7) is 1.46. The van der Waals surface area contributed by atoms with E-state index >= 15 is 0 Å². The number of rotatable bonds is 5. The highest BCUT2D eigenvalue weighted by molar-refractivity contribution is 5.97. The molecular formula is C19H27N3O2. The van der Waals surface area contributed by atoms with Gasteiger partial charge in [-0.15, -0.1) is 0 Å². The van der Waals surface area contributed by atoms with Crippen LogP contribution in [-0.2, 0) is 4.79 Å². The van der Waals surface area contributed by atoms with Gasteiger partial charge in [-0.25, -0.2) is 0 Å². The van der Waals surface area contributed by atoms with Crippen molar-refractivity contribution in [1.82, 2.24) is 10.2 Å². The highest BCUT2D eigenvalue weighted by Gasteiger charge is 2.36. The second-order valence-corrected chi connectivity index (χ2v) is 7.20. The summed E-state index contributed by atoms with van der Waals surface area (Å²) in [6.07, 6.45) is 6.26. The fourth-order valence-corrected chi connectivity index (χ4v) is 3.88. The Kier molecular flexibility index (Phi) is 4.90. The zero-order valence-electron chi connectivity index (χ0n) is 14.7. The number of hydrogen-bond acceptors (Lipinski definition) is 3. The van der Waals surface area contributed by atoms with E-state index in [1.54, 1.807) is 4.90 Å². The molecular weight excluding hydrogens is 302 g/mol. The van der Waals surface area contributed by atoms with Gasteiger partial charge in [0.15, 0.2) is 0 Å². The van der Waals surface area contributed by atoms with E-state index in [0.717, 1.165) is 31.5 Å². The molecule has 1 saturated carbocycles. The van der Waals surface area contributed by atoms with Crippen molar-refractivity contribution in [2.24, 2.45) is 0 Å². The lowest BCUT2D eigenvalue weighted by Crippen LogP contribution is -2.50. The van der Waals surface area contributed by atoms with Gasteiger partial charge in [0.2, 0.25) is 5.91 Å². The van der Waals surface area contributed by atoms with Crippen LogP contribution in [0.25, 0.3) is 0 Å². The molecule has 5 nitrogen and oxygen atoms in total. The predicted octanol–water partition coefficient (Wildman–Crippen LogP) is 2.42. The fraction of sp³-hybridized carbons (Fsp3) is 0.579. The van der Waals surface area contributed by atoms with Crippen molar-refractivity contribution in [2.75, 3.05) is 32.1 Å². The summed E-state index contributed by atoms with van der Waals surface area (Å²) >= 11 is 0. The lowest BCUT2D eigenvalue weighted by molar-refractivity contribution is -0.117. The first-order valence-electron chi connectivity index (χ1n) is 8.88. The molecule has 0 bridgehead atoms. The van der Waals surface area contributed by atoms with Crippen molar-refractivity contribution < 1.29 is 9.59 Å². The van der Waals surface area contributed by atoms with Gasteiger partial charge in [0, 0.05) is 36.3 Å². The first-order chi connectivity index (χ1) is 11.5. The van der Waals surface area contributed by atoms with E-state index in [1.165, 1.54) is 12.8 Å². The molecule has 1 N–H and O–H groups in total. The predicted molar refractivity (Wildman–Crippen MR) is 95.2 cm³/mol. The molecule has 0 aromatic heterocycles. The third-order valence-electron chi connectivity index (χ3n) is 5.58. The first-order valence-corrected chi connectivity index (χ1v) is 8.88. The minimum absolute atomic E-state index is 0.0394. The van der Waals surface area contributed by atoms with Gasteiger partial charge in [0.1, 0.15) is 0 Å². The third-order valence-corrected chi connectivity index (χ3v) is 5.58. The zero-order valence-corrected chi connectivity index (χ0v) is 14.7. The van der Waals surface area contributed by atoms with Gasteiger partial charge in [-0.3, -0.25) is 9.59 Å². The number of benzene rings is 1. The SMILES string of the molecule is CN(C)C1(CNC(=O)c2ccc(N3CCCC3=O)cc2)CCCC1. The number of hydrogen-bond donors (Lipinski definition) is 1. The van der Waals surface area contributed by atoms with Gasteiger partial charge in [-0.1, -0.05) is 12.8 Å². The molecule has 1 aliphatic carbocycles. The maximum Gasteiger partial charge on any atom is 0.251 e. The van der Waals surface area contributed by atoms with E-state index in [9.17, 15) is 9.59 Å². The van der Waals surface area contributed by atoms with Gasteiger partial charge in [-0.2, -0.15) is 0 Å². The van der Waals surface area contributed by atoms with E-state index in [2.05, 4.69) is 24.3 Å². The molecule has 1 heterocycles. The Hall–Kier alpha value is -1.88.